The number of rotatable bonds is 6. The number of aliphatic imine (C=N–C) groups is 1. The van der Waals surface area contributed by atoms with Crippen LogP contribution in [-0.4, -0.2) is 53.5 Å². The number of ether oxygens (including phenoxy) is 1. The smallest absolute Gasteiger partial charge is 0.218 e. The highest BCUT2D eigenvalue weighted by Gasteiger charge is 2.38. The summed E-state index contributed by atoms with van der Waals surface area (Å²) < 4.78 is 57.9. The second-order valence-corrected chi connectivity index (χ2v) is 10.7. The van der Waals surface area contributed by atoms with Crippen molar-refractivity contribution in [1.82, 2.24) is 15.0 Å². The number of nitrogens with one attached hydrogen (secondary N) is 1. The summed E-state index contributed by atoms with van der Waals surface area (Å²) in [6, 6.07) is 3.76. The van der Waals surface area contributed by atoms with E-state index in [1.807, 2.05) is 0 Å². The van der Waals surface area contributed by atoms with Gasteiger partial charge in [-0.05, 0) is 25.1 Å². The maximum atomic E-state index is 14.5. The summed E-state index contributed by atoms with van der Waals surface area (Å²) in [7, 11) is -3.94. The Labute approximate surface area is 213 Å². The second-order valence-electron chi connectivity index (χ2n) is 8.45. The van der Waals surface area contributed by atoms with E-state index in [-0.39, 0.29) is 18.0 Å². The second kappa shape index (κ2) is 11.5. The van der Waals surface area contributed by atoms with E-state index < -0.39 is 39.5 Å². The van der Waals surface area contributed by atoms with E-state index in [1.165, 1.54) is 37.7 Å². The van der Waals surface area contributed by atoms with Gasteiger partial charge in [-0.15, -0.1) is 5.92 Å². The number of halogens is 2. The highest BCUT2D eigenvalue weighted by Crippen LogP contribution is 2.31. The minimum Gasteiger partial charge on any atom is -0.479 e. The first-order chi connectivity index (χ1) is 17.8. The monoisotopic (exact) mass is 528 g/mol. The summed E-state index contributed by atoms with van der Waals surface area (Å²) in [6.45, 7) is 0.766. The molecule has 3 aromatic heterocycles. The Balaban J connectivity index is 0.000000994. The van der Waals surface area contributed by atoms with Gasteiger partial charge >= 0.3 is 0 Å². The van der Waals surface area contributed by atoms with Gasteiger partial charge in [-0.3, -0.25) is 4.99 Å². The van der Waals surface area contributed by atoms with E-state index in [1.54, 1.807) is 25.3 Å². The molecule has 3 aromatic rings. The molecule has 0 saturated heterocycles. The molecule has 1 aliphatic heterocycles. The number of sulfone groups is 1. The molecule has 9 nitrogen and oxygen atoms in total. The zero-order valence-electron chi connectivity index (χ0n) is 20.1. The van der Waals surface area contributed by atoms with Crippen molar-refractivity contribution in [1.29, 1.82) is 0 Å². The van der Waals surface area contributed by atoms with Crippen molar-refractivity contribution in [3.05, 3.63) is 48.3 Å². The Kier molecular flexibility index (Phi) is 8.13. The number of hydrogen-bond acceptors (Lipinski definition) is 9. The van der Waals surface area contributed by atoms with Crippen LogP contribution in [-0.2, 0) is 9.84 Å². The molecule has 1 fully saturated rings. The van der Waals surface area contributed by atoms with Crippen molar-refractivity contribution >= 4 is 38.1 Å². The number of nitrogens with two attached hydrogens (primary N) is 1. The van der Waals surface area contributed by atoms with Gasteiger partial charge in [0.1, 0.15) is 35.6 Å². The van der Waals surface area contributed by atoms with Crippen molar-refractivity contribution < 1.29 is 21.9 Å². The van der Waals surface area contributed by atoms with Crippen LogP contribution >= 0.6 is 0 Å². The van der Waals surface area contributed by atoms with E-state index in [4.69, 9.17) is 10.5 Å². The highest BCUT2D eigenvalue weighted by atomic mass is 32.2. The molecule has 2 unspecified atom stereocenters. The van der Waals surface area contributed by atoms with Crippen LogP contribution in [0.2, 0.25) is 0 Å². The number of nitrogens with zero attached hydrogens (tertiary/aromatic N) is 4. The molecule has 0 amide bonds. The normalized spacial score (nSPS) is 19.5. The quantitative estimate of drug-likeness (QED) is 0.366. The van der Waals surface area contributed by atoms with Gasteiger partial charge in [-0.2, -0.15) is 4.39 Å². The van der Waals surface area contributed by atoms with Gasteiger partial charge in [-0.1, -0.05) is 25.2 Å². The minimum atomic E-state index is -3.94. The van der Waals surface area contributed by atoms with Gasteiger partial charge in [-0.25, -0.2) is 27.8 Å². The fourth-order valence-corrected chi connectivity index (χ4v) is 5.01. The highest BCUT2D eigenvalue weighted by molar-refractivity contribution is 7.92. The van der Waals surface area contributed by atoms with Gasteiger partial charge < -0.3 is 15.8 Å². The molecule has 0 radical (unpaired) electrons. The van der Waals surface area contributed by atoms with Gasteiger partial charge in [0.05, 0.1) is 29.9 Å². The number of alkyl halides is 1. The molecule has 194 valence electrons. The van der Waals surface area contributed by atoms with Crippen molar-refractivity contribution in [3.8, 4) is 17.6 Å². The van der Waals surface area contributed by atoms with E-state index in [0.717, 1.165) is 5.39 Å². The number of anilines is 2. The predicted octanol–water partition coefficient (Wildman–Crippen LogP) is 3.64. The molecule has 0 spiro atoms. The molecule has 3 N–H and O–H groups in total. The Morgan fingerprint density at radius 3 is 2.65 bits per heavy atom. The summed E-state index contributed by atoms with van der Waals surface area (Å²) >= 11 is 0. The van der Waals surface area contributed by atoms with Gasteiger partial charge in [0.25, 0.3) is 0 Å². The Morgan fingerprint density at radius 2 is 1.97 bits per heavy atom. The lowest BCUT2D eigenvalue weighted by molar-refractivity contribution is 0.369. The molecule has 12 heteroatoms. The predicted molar refractivity (Wildman–Crippen MR) is 138 cm³/mol. The Hall–Kier alpha value is -3.85. The lowest BCUT2D eigenvalue weighted by atomic mass is 10.1. The molecule has 2 atom stereocenters. The van der Waals surface area contributed by atoms with E-state index in [2.05, 4.69) is 37.1 Å². The van der Waals surface area contributed by atoms with E-state index in [9.17, 15) is 17.2 Å². The number of amidine groups is 1. The third kappa shape index (κ3) is 6.48. The van der Waals surface area contributed by atoms with Crippen LogP contribution in [0.3, 0.4) is 0 Å². The molecular formula is C25H26F2N6O3S. The average molecular weight is 529 g/mol. The summed E-state index contributed by atoms with van der Waals surface area (Å²) in [6.07, 6.45) is 8.83. The molecule has 0 aromatic carbocycles. The third-order valence-corrected chi connectivity index (χ3v) is 7.52. The first-order valence-electron chi connectivity index (χ1n) is 11.6. The number of fused-ring (bicyclic) bond motifs is 1. The Morgan fingerprint density at radius 1 is 1.19 bits per heavy atom. The topological polar surface area (TPSA) is 132 Å². The van der Waals surface area contributed by atoms with Crippen LogP contribution in [0.15, 0.2) is 41.8 Å². The maximum Gasteiger partial charge on any atom is 0.218 e. The van der Waals surface area contributed by atoms with Crippen LogP contribution in [0.5, 0.6) is 5.75 Å². The first-order valence-corrected chi connectivity index (χ1v) is 13.3. The Bertz CT molecular complexity index is 1480. The zero-order valence-corrected chi connectivity index (χ0v) is 20.9. The molecule has 0 bridgehead atoms. The molecule has 4 heterocycles. The fraction of sp³-hybridized carbons (Fsp3) is 0.360. The molecule has 1 aliphatic carbocycles. The fourth-order valence-electron chi connectivity index (χ4n) is 3.46. The van der Waals surface area contributed by atoms with Gasteiger partial charge in [0.15, 0.2) is 15.7 Å². The summed E-state index contributed by atoms with van der Waals surface area (Å²) in [4.78, 5) is 16.4. The zero-order chi connectivity index (χ0) is 26.4. The third-order valence-electron chi connectivity index (χ3n) is 5.50. The van der Waals surface area contributed by atoms with Gasteiger partial charge in [0, 0.05) is 17.1 Å². The van der Waals surface area contributed by atoms with Crippen molar-refractivity contribution in [3.63, 3.8) is 0 Å². The lowest BCUT2D eigenvalue weighted by Crippen LogP contribution is -2.44. The minimum absolute atomic E-state index is 0.0882. The molecule has 5 rings (SSSR count). The van der Waals surface area contributed by atoms with Crippen LogP contribution in [0.4, 0.5) is 20.3 Å². The first kappa shape index (κ1) is 26.2. The van der Waals surface area contributed by atoms with Crippen LogP contribution in [0.1, 0.15) is 37.8 Å². The number of aromatic nitrogens is 3. The molecular weight excluding hydrogens is 502 g/mol. The molecule has 1 saturated carbocycles. The SMILES string of the molecule is C1CC1.CC#CCOc1cnc2c(Nc3cnc(F)c(C4CS(=O)(=O)C(CF)C(N)=N4)c3)nccc2c1. The van der Waals surface area contributed by atoms with E-state index in [0.29, 0.717) is 22.8 Å². The van der Waals surface area contributed by atoms with Gasteiger partial charge in [0.2, 0.25) is 5.95 Å². The number of hydrogen-bond donors (Lipinski definition) is 2. The molecule has 2 aliphatic rings. The number of pyridine rings is 3. The lowest BCUT2D eigenvalue weighted by Gasteiger charge is -2.24. The van der Waals surface area contributed by atoms with Crippen LogP contribution in [0.25, 0.3) is 10.9 Å². The standard InChI is InChI=1S/C22H20F2N6O3S.C3H6/c1-2-3-6-33-15-7-13-4-5-26-22(19(13)27-11-15)29-14-8-16(20(24)28-10-14)17-12-34(31,32)18(9-23)21(25)30-17;1-2-3-1/h4-5,7-8,10-11,17-18H,6,9,12H2,1H3,(H2,25,30)(H,26,29);1-3H2. The average Bonchev–Trinajstić information content (AvgIpc) is 3.74. The van der Waals surface area contributed by atoms with Crippen molar-refractivity contribution in [2.45, 2.75) is 37.5 Å². The van der Waals surface area contributed by atoms with Crippen molar-refractivity contribution in [2.75, 3.05) is 24.4 Å². The van der Waals surface area contributed by atoms with Crippen LogP contribution in [0, 0.1) is 17.8 Å². The summed E-state index contributed by atoms with van der Waals surface area (Å²) in [5.74, 6) is 4.59. The maximum absolute atomic E-state index is 14.5. The largest absolute Gasteiger partial charge is 0.479 e. The van der Waals surface area contributed by atoms with E-state index >= 15 is 0 Å². The molecule has 37 heavy (non-hydrogen) atoms. The summed E-state index contributed by atoms with van der Waals surface area (Å²) in [5.41, 5.74) is 6.42. The van der Waals surface area contributed by atoms with Crippen LogP contribution < -0.4 is 15.8 Å². The summed E-state index contributed by atoms with van der Waals surface area (Å²) in [5, 5.41) is 2.24. The van der Waals surface area contributed by atoms with Crippen molar-refractivity contribution in [2.24, 2.45) is 10.7 Å².